The summed E-state index contributed by atoms with van der Waals surface area (Å²) in [6.07, 6.45) is 0. The zero-order chi connectivity index (χ0) is 34.7. The fourth-order valence-corrected chi connectivity index (χ4v) is 9.68. The van der Waals surface area contributed by atoms with Crippen LogP contribution in [0.1, 0.15) is 22.3 Å². The van der Waals surface area contributed by atoms with E-state index in [0.29, 0.717) is 0 Å². The largest absolute Gasteiger partial charge is 0.455 e. The Hall–Kier alpha value is -6.90. The lowest BCUT2D eigenvalue weighted by Crippen LogP contribution is -2.26. The molecule has 2 nitrogen and oxygen atoms in total. The van der Waals surface area contributed by atoms with Gasteiger partial charge in [-0.05, 0) is 91.5 Å². The van der Waals surface area contributed by atoms with Crippen molar-refractivity contribution < 1.29 is 4.42 Å². The number of fused-ring (bicyclic) bond motifs is 16. The van der Waals surface area contributed by atoms with Crippen LogP contribution in [0.3, 0.4) is 0 Å². The van der Waals surface area contributed by atoms with Crippen molar-refractivity contribution in [2.24, 2.45) is 0 Å². The Morgan fingerprint density at radius 1 is 0.377 bits per heavy atom. The molecule has 0 fully saturated rings. The number of hydrogen-bond donors (Lipinski definition) is 0. The molecule has 0 radical (unpaired) electrons. The van der Waals surface area contributed by atoms with Crippen LogP contribution >= 0.6 is 0 Å². The highest BCUT2D eigenvalue weighted by atomic mass is 16.3. The minimum absolute atomic E-state index is 0.519. The van der Waals surface area contributed by atoms with E-state index >= 15 is 0 Å². The van der Waals surface area contributed by atoms with Crippen LogP contribution in [0, 0.1) is 0 Å². The lowest BCUT2D eigenvalue weighted by Gasteiger charge is -2.32. The van der Waals surface area contributed by atoms with Crippen LogP contribution in [0.2, 0.25) is 0 Å². The number of hydrogen-bond acceptors (Lipinski definition) is 2. The lowest BCUT2D eigenvalue weighted by atomic mass is 9.70. The minimum atomic E-state index is -0.519. The van der Waals surface area contributed by atoms with Gasteiger partial charge in [-0.2, -0.15) is 0 Å². The molecule has 53 heavy (non-hydrogen) atoms. The first-order valence-electron chi connectivity index (χ1n) is 18.3. The van der Waals surface area contributed by atoms with Gasteiger partial charge in [-0.1, -0.05) is 152 Å². The number of anilines is 3. The summed E-state index contributed by atoms with van der Waals surface area (Å²) in [5.41, 5.74) is 14.9. The SMILES string of the molecule is c1ccc2c(c1)-c1ccc(N(c3ccc4ccccc4c3)c3cccc4ccccc34)cc1C21c2ccccc2-c2c1ccc1c2oc2ccccc21. The molecule has 1 spiro atoms. The summed E-state index contributed by atoms with van der Waals surface area (Å²) in [7, 11) is 0. The number of benzene rings is 9. The van der Waals surface area contributed by atoms with Gasteiger partial charge in [0, 0.05) is 33.1 Å². The molecule has 1 aromatic heterocycles. The fraction of sp³-hybridized carbons (Fsp3) is 0.0196. The molecular formula is C51H31NO. The van der Waals surface area contributed by atoms with E-state index in [-0.39, 0.29) is 0 Å². The van der Waals surface area contributed by atoms with Crippen LogP contribution in [0.25, 0.3) is 65.7 Å². The van der Waals surface area contributed by atoms with Crippen LogP contribution in [-0.4, -0.2) is 0 Å². The average molecular weight is 674 g/mol. The highest BCUT2D eigenvalue weighted by Gasteiger charge is 2.52. The van der Waals surface area contributed by atoms with Crippen LogP contribution in [0.5, 0.6) is 0 Å². The molecule has 0 N–H and O–H groups in total. The molecule has 0 aliphatic heterocycles. The normalized spacial score (nSPS) is 15.2. The molecular weight excluding hydrogens is 643 g/mol. The van der Waals surface area contributed by atoms with Crippen LogP contribution in [0.4, 0.5) is 17.1 Å². The zero-order valence-corrected chi connectivity index (χ0v) is 28.8. The molecule has 2 aliphatic carbocycles. The Morgan fingerprint density at radius 2 is 1.02 bits per heavy atom. The van der Waals surface area contributed by atoms with Crippen molar-refractivity contribution in [3.05, 3.63) is 210 Å². The zero-order valence-electron chi connectivity index (χ0n) is 28.8. The van der Waals surface area contributed by atoms with Crippen LogP contribution in [0.15, 0.2) is 192 Å². The molecule has 0 saturated heterocycles. The third-order valence-electron chi connectivity index (χ3n) is 11.8. The summed E-state index contributed by atoms with van der Waals surface area (Å²) in [4.78, 5) is 2.45. The van der Waals surface area contributed by atoms with E-state index in [9.17, 15) is 0 Å². The first-order chi connectivity index (χ1) is 26.3. The standard InChI is InChI=1S/C51H31NO/c1-2-14-34-30-35(25-24-32(34)12-1)52(47-22-11-15-33-13-3-4-16-37(33)47)36-26-27-39-38-17-5-8-20-43(38)51(46(39)31-36)44-21-9-6-19-42(44)49-45(51)29-28-41-40-18-7-10-23-48(40)53-50(41)49/h1-31H. The number of rotatable bonds is 3. The average Bonchev–Trinajstić information content (AvgIpc) is 3.85. The Bertz CT molecular complexity index is 3140. The predicted molar refractivity (Wildman–Crippen MR) is 220 cm³/mol. The van der Waals surface area contributed by atoms with Gasteiger partial charge in [0.25, 0.3) is 0 Å². The highest BCUT2D eigenvalue weighted by molar-refractivity contribution is 6.13. The molecule has 0 saturated carbocycles. The number of nitrogens with zero attached hydrogens (tertiary/aromatic N) is 1. The molecule has 0 bridgehead atoms. The van der Waals surface area contributed by atoms with E-state index < -0.39 is 5.41 Å². The van der Waals surface area contributed by atoms with Crippen molar-refractivity contribution in [3.8, 4) is 22.3 Å². The summed E-state index contributed by atoms with van der Waals surface area (Å²) in [5, 5.41) is 7.19. The van der Waals surface area contributed by atoms with E-state index in [2.05, 4.69) is 193 Å². The van der Waals surface area contributed by atoms with Crippen molar-refractivity contribution in [1.29, 1.82) is 0 Å². The van der Waals surface area contributed by atoms with Gasteiger partial charge >= 0.3 is 0 Å². The molecule has 0 amide bonds. The van der Waals surface area contributed by atoms with E-state index in [1.807, 2.05) is 0 Å². The maximum absolute atomic E-state index is 6.78. The Balaban J connectivity index is 1.18. The third kappa shape index (κ3) is 3.77. The maximum Gasteiger partial charge on any atom is 0.143 e. The van der Waals surface area contributed by atoms with Crippen molar-refractivity contribution in [2.75, 3.05) is 4.90 Å². The third-order valence-corrected chi connectivity index (χ3v) is 11.8. The molecule has 1 unspecified atom stereocenters. The predicted octanol–water partition coefficient (Wildman–Crippen LogP) is 13.7. The first kappa shape index (κ1) is 28.8. The maximum atomic E-state index is 6.78. The lowest BCUT2D eigenvalue weighted by molar-refractivity contribution is 0.669. The Kier molecular flexibility index (Phi) is 5.73. The van der Waals surface area contributed by atoms with E-state index in [1.54, 1.807) is 0 Å². The summed E-state index contributed by atoms with van der Waals surface area (Å²) in [6.45, 7) is 0. The Labute approximate surface area is 306 Å². The van der Waals surface area contributed by atoms with E-state index in [4.69, 9.17) is 4.42 Å². The summed E-state index contributed by atoms with van der Waals surface area (Å²) in [6, 6.07) is 69.1. The molecule has 1 heterocycles. The molecule has 9 aromatic carbocycles. The van der Waals surface area contributed by atoms with Crippen molar-refractivity contribution in [1.82, 2.24) is 0 Å². The first-order valence-corrected chi connectivity index (χ1v) is 18.3. The smallest absolute Gasteiger partial charge is 0.143 e. The van der Waals surface area contributed by atoms with Gasteiger partial charge in [-0.3, -0.25) is 0 Å². The topological polar surface area (TPSA) is 16.4 Å². The summed E-state index contributed by atoms with van der Waals surface area (Å²) < 4.78 is 6.78. The molecule has 1 atom stereocenters. The van der Waals surface area contributed by atoms with E-state index in [1.165, 1.54) is 66.1 Å². The quantitative estimate of drug-likeness (QED) is 0.186. The van der Waals surface area contributed by atoms with Crippen LogP contribution in [-0.2, 0) is 5.41 Å². The second-order valence-corrected chi connectivity index (χ2v) is 14.4. The van der Waals surface area contributed by atoms with Gasteiger partial charge < -0.3 is 9.32 Å². The summed E-state index contributed by atoms with van der Waals surface area (Å²) >= 11 is 0. The minimum Gasteiger partial charge on any atom is -0.455 e. The molecule has 10 aromatic rings. The van der Waals surface area contributed by atoms with Gasteiger partial charge in [0.2, 0.25) is 0 Å². The molecule has 2 aliphatic rings. The van der Waals surface area contributed by atoms with E-state index in [0.717, 1.165) is 39.0 Å². The summed E-state index contributed by atoms with van der Waals surface area (Å²) in [5.74, 6) is 0. The van der Waals surface area contributed by atoms with Gasteiger partial charge in [0.05, 0.1) is 11.1 Å². The van der Waals surface area contributed by atoms with Gasteiger partial charge in [-0.25, -0.2) is 0 Å². The second-order valence-electron chi connectivity index (χ2n) is 14.4. The second kappa shape index (κ2) is 10.6. The Morgan fingerprint density at radius 3 is 1.91 bits per heavy atom. The van der Waals surface area contributed by atoms with Gasteiger partial charge in [-0.15, -0.1) is 0 Å². The van der Waals surface area contributed by atoms with Gasteiger partial charge in [0.15, 0.2) is 0 Å². The molecule has 2 heteroatoms. The number of para-hydroxylation sites is 1. The molecule has 246 valence electrons. The van der Waals surface area contributed by atoms with Crippen molar-refractivity contribution in [2.45, 2.75) is 5.41 Å². The van der Waals surface area contributed by atoms with Crippen LogP contribution < -0.4 is 4.90 Å². The highest BCUT2D eigenvalue weighted by Crippen LogP contribution is 2.64. The van der Waals surface area contributed by atoms with Crippen molar-refractivity contribution in [3.63, 3.8) is 0 Å². The molecule has 12 rings (SSSR count). The van der Waals surface area contributed by atoms with Crippen molar-refractivity contribution >= 4 is 60.5 Å². The number of furan rings is 1. The monoisotopic (exact) mass is 673 g/mol. The fourth-order valence-electron chi connectivity index (χ4n) is 9.68. The van der Waals surface area contributed by atoms with Gasteiger partial charge in [0.1, 0.15) is 11.2 Å².